The van der Waals surface area contributed by atoms with Crippen molar-refractivity contribution in [1.82, 2.24) is 9.47 Å². The molecule has 1 aromatic carbocycles. The first-order chi connectivity index (χ1) is 11.3. The molecule has 1 aromatic heterocycles. The molecule has 0 spiro atoms. The van der Waals surface area contributed by atoms with E-state index in [-0.39, 0.29) is 22.9 Å². The van der Waals surface area contributed by atoms with Crippen molar-refractivity contribution in [2.24, 2.45) is 0 Å². The van der Waals surface area contributed by atoms with Crippen LogP contribution in [0, 0.1) is 13.8 Å². The molecule has 0 unspecified atom stereocenters. The number of likely N-dealkylation sites (tertiary alicyclic amines) is 1. The van der Waals surface area contributed by atoms with Crippen LogP contribution in [0.5, 0.6) is 0 Å². The summed E-state index contributed by atoms with van der Waals surface area (Å²) in [5.74, 6) is 0.353. The third kappa shape index (κ3) is 2.81. The van der Waals surface area contributed by atoms with Crippen LogP contribution >= 0.6 is 11.3 Å². The summed E-state index contributed by atoms with van der Waals surface area (Å²) in [6, 6.07) is 10.4. The quantitative estimate of drug-likeness (QED) is 0.857. The van der Waals surface area contributed by atoms with Gasteiger partial charge in [0.25, 0.3) is 0 Å². The Kier molecular flexibility index (Phi) is 4.38. The molecule has 5 heteroatoms. The summed E-state index contributed by atoms with van der Waals surface area (Å²) in [4.78, 5) is 27.8. The van der Waals surface area contributed by atoms with E-state index in [9.17, 15) is 9.59 Å². The molecule has 2 aromatic rings. The molecule has 1 aliphatic rings. The van der Waals surface area contributed by atoms with E-state index in [0.717, 1.165) is 23.5 Å². The highest BCUT2D eigenvalue weighted by atomic mass is 32.1. The second-order valence-electron chi connectivity index (χ2n) is 7.05. The van der Waals surface area contributed by atoms with E-state index in [4.69, 9.17) is 0 Å². The van der Waals surface area contributed by atoms with Gasteiger partial charge in [0.05, 0.1) is 0 Å². The molecule has 0 saturated carbocycles. The van der Waals surface area contributed by atoms with Crippen molar-refractivity contribution >= 4 is 17.2 Å². The van der Waals surface area contributed by atoms with Gasteiger partial charge < -0.3 is 4.90 Å². The Morgan fingerprint density at radius 1 is 1.25 bits per heavy atom. The number of nitrogens with zero attached hydrogens (tertiary/aromatic N) is 2. The van der Waals surface area contributed by atoms with Crippen LogP contribution < -0.4 is 4.87 Å². The number of carbonyl (C=O) groups excluding carboxylic acids is 1. The van der Waals surface area contributed by atoms with E-state index in [1.165, 1.54) is 16.9 Å². The zero-order valence-electron chi connectivity index (χ0n) is 14.7. The lowest BCUT2D eigenvalue weighted by Gasteiger charge is -2.36. The number of carbonyl (C=O) groups is 1. The Balaban J connectivity index is 1.82. The molecule has 1 aliphatic heterocycles. The zero-order chi connectivity index (χ0) is 17.5. The van der Waals surface area contributed by atoms with Crippen molar-refractivity contribution in [2.45, 2.75) is 52.1 Å². The van der Waals surface area contributed by atoms with Gasteiger partial charge in [0.2, 0.25) is 5.91 Å². The molecule has 1 fully saturated rings. The van der Waals surface area contributed by atoms with Crippen LogP contribution in [0.15, 0.2) is 35.1 Å². The molecule has 24 heavy (non-hydrogen) atoms. The van der Waals surface area contributed by atoms with Crippen LogP contribution in [0.3, 0.4) is 0 Å². The van der Waals surface area contributed by atoms with Gasteiger partial charge in [-0.1, -0.05) is 41.7 Å². The largest absolute Gasteiger partial charge is 0.335 e. The number of thiazole rings is 1. The minimum Gasteiger partial charge on any atom is -0.335 e. The standard InChI is InChI=1S/C19H24N2O2S/c1-13-14(2)24-18(23)20(13)12-17(22)21-11-10-16(19(21,3)4)15-8-6-5-7-9-15/h5-9,16H,10-12H2,1-4H3/t16-/m1/s1. The molecule has 4 nitrogen and oxygen atoms in total. The predicted octanol–water partition coefficient (Wildman–Crippen LogP) is 3.32. The maximum atomic E-state index is 12.9. The van der Waals surface area contributed by atoms with E-state index < -0.39 is 0 Å². The van der Waals surface area contributed by atoms with Crippen LogP contribution in [-0.4, -0.2) is 27.5 Å². The molecule has 3 rings (SSSR count). The number of hydrogen-bond donors (Lipinski definition) is 0. The number of aromatic nitrogens is 1. The van der Waals surface area contributed by atoms with Crippen molar-refractivity contribution in [3.63, 3.8) is 0 Å². The van der Waals surface area contributed by atoms with Crippen LogP contribution in [-0.2, 0) is 11.3 Å². The third-order valence-electron chi connectivity index (χ3n) is 5.36. The minimum atomic E-state index is -0.249. The molecule has 1 atom stereocenters. The first-order valence-corrected chi connectivity index (χ1v) is 9.16. The Morgan fingerprint density at radius 2 is 1.92 bits per heavy atom. The van der Waals surface area contributed by atoms with Crippen molar-refractivity contribution in [1.29, 1.82) is 0 Å². The molecule has 1 amide bonds. The highest BCUT2D eigenvalue weighted by molar-refractivity contribution is 7.09. The van der Waals surface area contributed by atoms with Crippen molar-refractivity contribution in [3.05, 3.63) is 56.1 Å². The lowest BCUT2D eigenvalue weighted by molar-refractivity contribution is -0.135. The van der Waals surface area contributed by atoms with Gasteiger partial charge in [0.15, 0.2) is 0 Å². The number of rotatable bonds is 3. The van der Waals surface area contributed by atoms with Gasteiger partial charge in [-0.05, 0) is 39.7 Å². The predicted molar refractivity (Wildman–Crippen MR) is 97.6 cm³/mol. The summed E-state index contributed by atoms with van der Waals surface area (Å²) >= 11 is 1.21. The van der Waals surface area contributed by atoms with Gasteiger partial charge in [-0.3, -0.25) is 14.2 Å². The van der Waals surface area contributed by atoms with Gasteiger partial charge in [-0.2, -0.15) is 0 Å². The summed E-state index contributed by atoms with van der Waals surface area (Å²) in [5.41, 5.74) is 1.92. The van der Waals surface area contributed by atoms with E-state index in [1.807, 2.05) is 36.9 Å². The van der Waals surface area contributed by atoms with Gasteiger partial charge in [-0.25, -0.2) is 0 Å². The number of benzene rings is 1. The molecule has 0 N–H and O–H groups in total. The number of aryl methyl sites for hydroxylation is 1. The smallest absolute Gasteiger partial charge is 0.308 e. The van der Waals surface area contributed by atoms with Crippen molar-refractivity contribution in [3.8, 4) is 0 Å². The van der Waals surface area contributed by atoms with E-state index in [1.54, 1.807) is 4.57 Å². The van der Waals surface area contributed by atoms with Gasteiger partial charge in [0.1, 0.15) is 6.54 Å². The minimum absolute atomic E-state index is 0.0291. The molecule has 2 heterocycles. The molecular weight excluding hydrogens is 320 g/mol. The van der Waals surface area contributed by atoms with Gasteiger partial charge >= 0.3 is 4.87 Å². The Hall–Kier alpha value is -1.88. The summed E-state index contributed by atoms with van der Waals surface area (Å²) in [6.45, 7) is 8.96. The fourth-order valence-corrected chi connectivity index (χ4v) is 4.62. The first kappa shape index (κ1) is 17.0. The Morgan fingerprint density at radius 3 is 2.50 bits per heavy atom. The molecule has 0 bridgehead atoms. The fraction of sp³-hybridized carbons (Fsp3) is 0.474. The average molecular weight is 344 g/mol. The second kappa shape index (κ2) is 6.20. The lowest BCUT2D eigenvalue weighted by atomic mass is 9.83. The van der Waals surface area contributed by atoms with Crippen LogP contribution in [0.2, 0.25) is 0 Å². The number of amides is 1. The Bertz CT molecular complexity index is 805. The second-order valence-corrected chi connectivity index (χ2v) is 8.21. The highest BCUT2D eigenvalue weighted by Crippen LogP contribution is 2.41. The topological polar surface area (TPSA) is 42.3 Å². The van der Waals surface area contributed by atoms with E-state index >= 15 is 0 Å². The molecule has 0 radical (unpaired) electrons. The summed E-state index contributed by atoms with van der Waals surface area (Å²) < 4.78 is 1.61. The Labute approximate surface area is 146 Å². The lowest BCUT2D eigenvalue weighted by Crippen LogP contribution is -2.47. The molecule has 0 aliphatic carbocycles. The van der Waals surface area contributed by atoms with Gasteiger partial charge in [0, 0.05) is 28.6 Å². The van der Waals surface area contributed by atoms with Crippen LogP contribution in [0.1, 0.15) is 42.3 Å². The SMILES string of the molecule is Cc1sc(=O)n(CC(=O)N2CC[C@H](c3ccccc3)C2(C)C)c1C. The maximum Gasteiger partial charge on any atom is 0.308 e. The average Bonchev–Trinajstić information content (AvgIpc) is 2.98. The third-order valence-corrected chi connectivity index (χ3v) is 6.36. The fourth-order valence-electron chi connectivity index (χ4n) is 3.78. The summed E-state index contributed by atoms with van der Waals surface area (Å²) in [5, 5.41) is 0. The van der Waals surface area contributed by atoms with Gasteiger partial charge in [-0.15, -0.1) is 0 Å². The normalized spacial score (nSPS) is 19.7. The molecular formula is C19H24N2O2S. The summed E-state index contributed by atoms with van der Waals surface area (Å²) in [6.07, 6.45) is 0.958. The van der Waals surface area contributed by atoms with Crippen molar-refractivity contribution < 1.29 is 4.79 Å². The van der Waals surface area contributed by atoms with Crippen LogP contribution in [0.4, 0.5) is 0 Å². The first-order valence-electron chi connectivity index (χ1n) is 8.34. The van der Waals surface area contributed by atoms with E-state index in [2.05, 4.69) is 26.0 Å². The monoisotopic (exact) mass is 344 g/mol. The molecule has 1 saturated heterocycles. The number of hydrogen-bond acceptors (Lipinski definition) is 3. The van der Waals surface area contributed by atoms with Crippen molar-refractivity contribution in [2.75, 3.05) is 6.54 Å². The van der Waals surface area contributed by atoms with E-state index in [0.29, 0.717) is 5.92 Å². The maximum absolute atomic E-state index is 12.9. The highest BCUT2D eigenvalue weighted by Gasteiger charge is 2.44. The van der Waals surface area contributed by atoms with Crippen LogP contribution in [0.25, 0.3) is 0 Å². The molecule has 128 valence electrons. The summed E-state index contributed by atoms with van der Waals surface area (Å²) in [7, 11) is 0. The zero-order valence-corrected chi connectivity index (χ0v) is 15.5.